The molecule has 0 aliphatic rings. The van der Waals surface area contributed by atoms with Crippen LogP contribution in [0.2, 0.25) is 0 Å². The number of unbranched alkanes of at least 4 members (excludes halogenated alkanes) is 2. The van der Waals surface area contributed by atoms with Crippen LogP contribution in [0.15, 0.2) is 18.3 Å². The lowest BCUT2D eigenvalue weighted by Gasteiger charge is -1.99. The molecule has 1 aromatic heterocycles. The Labute approximate surface area is 89.2 Å². The zero-order valence-corrected chi connectivity index (χ0v) is 8.44. The third kappa shape index (κ3) is 3.82. The maximum absolute atomic E-state index is 10.5. The van der Waals surface area contributed by atoms with Crippen LogP contribution in [0.3, 0.4) is 0 Å². The van der Waals surface area contributed by atoms with Crippen LogP contribution < -0.4 is 0 Å². The number of terminal acetylenes is 1. The van der Waals surface area contributed by atoms with E-state index in [1.54, 1.807) is 12.1 Å². The summed E-state index contributed by atoms with van der Waals surface area (Å²) >= 11 is 0. The van der Waals surface area contributed by atoms with Gasteiger partial charge < -0.3 is 5.11 Å². The number of carboxylic acid groups (broad SMARTS) is 1. The standard InChI is InChI=1S/C12H13NO2/c1-2-3-4-5-6-11-8-7-10(9-13-11)12(14)15/h1,7-9H,3-6H2,(H,14,15). The Morgan fingerprint density at radius 1 is 1.47 bits per heavy atom. The first kappa shape index (κ1) is 11.3. The molecule has 78 valence electrons. The van der Waals surface area contributed by atoms with Gasteiger partial charge in [-0.15, -0.1) is 12.3 Å². The lowest BCUT2D eigenvalue weighted by Crippen LogP contribution is -1.98. The number of nitrogens with zero attached hydrogens (tertiary/aromatic N) is 1. The predicted octanol–water partition coefficient (Wildman–Crippen LogP) is 2.13. The Hall–Kier alpha value is -1.82. The number of aromatic carboxylic acids is 1. The fourth-order valence-electron chi connectivity index (χ4n) is 1.23. The first-order valence-corrected chi connectivity index (χ1v) is 4.85. The van der Waals surface area contributed by atoms with Gasteiger partial charge in [-0.3, -0.25) is 4.98 Å². The summed E-state index contributed by atoms with van der Waals surface area (Å²) < 4.78 is 0. The molecule has 0 spiro atoms. The Morgan fingerprint density at radius 3 is 2.80 bits per heavy atom. The largest absolute Gasteiger partial charge is 0.478 e. The van der Waals surface area contributed by atoms with Crippen molar-refractivity contribution in [1.82, 2.24) is 4.98 Å². The number of rotatable bonds is 5. The summed E-state index contributed by atoms with van der Waals surface area (Å²) in [6, 6.07) is 3.32. The number of carboxylic acids is 1. The van der Waals surface area contributed by atoms with Gasteiger partial charge >= 0.3 is 5.97 Å². The maximum atomic E-state index is 10.5. The van der Waals surface area contributed by atoms with Crippen molar-refractivity contribution in [3.8, 4) is 12.3 Å². The van der Waals surface area contributed by atoms with Crippen LogP contribution >= 0.6 is 0 Å². The molecule has 1 rings (SSSR count). The van der Waals surface area contributed by atoms with E-state index in [9.17, 15) is 4.79 Å². The summed E-state index contributed by atoms with van der Waals surface area (Å²) in [4.78, 5) is 14.6. The second-order valence-electron chi connectivity index (χ2n) is 3.25. The average Bonchev–Trinajstić information content (AvgIpc) is 2.25. The number of hydrogen-bond acceptors (Lipinski definition) is 2. The van der Waals surface area contributed by atoms with Crippen molar-refractivity contribution in [1.29, 1.82) is 0 Å². The van der Waals surface area contributed by atoms with E-state index in [0.717, 1.165) is 31.4 Å². The van der Waals surface area contributed by atoms with E-state index in [4.69, 9.17) is 11.5 Å². The van der Waals surface area contributed by atoms with Crippen molar-refractivity contribution in [3.05, 3.63) is 29.6 Å². The Kier molecular flexibility index (Phi) is 4.36. The van der Waals surface area contributed by atoms with E-state index < -0.39 is 5.97 Å². The first-order chi connectivity index (χ1) is 7.24. The highest BCUT2D eigenvalue weighted by molar-refractivity contribution is 5.87. The molecule has 3 nitrogen and oxygen atoms in total. The third-order valence-corrected chi connectivity index (χ3v) is 2.08. The van der Waals surface area contributed by atoms with E-state index >= 15 is 0 Å². The van der Waals surface area contributed by atoms with Gasteiger partial charge in [0.05, 0.1) is 5.56 Å². The molecule has 0 atom stereocenters. The molecule has 0 bridgehead atoms. The number of hydrogen-bond donors (Lipinski definition) is 1. The van der Waals surface area contributed by atoms with Gasteiger partial charge in [-0.25, -0.2) is 4.79 Å². The molecule has 3 heteroatoms. The molecule has 1 N–H and O–H groups in total. The molecule has 0 aromatic carbocycles. The van der Waals surface area contributed by atoms with Crippen LogP contribution in [0.25, 0.3) is 0 Å². The molecule has 0 saturated carbocycles. The van der Waals surface area contributed by atoms with Crippen molar-refractivity contribution in [2.75, 3.05) is 0 Å². The van der Waals surface area contributed by atoms with Gasteiger partial charge in [0, 0.05) is 18.3 Å². The number of pyridine rings is 1. The number of aryl methyl sites for hydroxylation is 1. The zero-order chi connectivity index (χ0) is 11.1. The molecule has 0 fully saturated rings. The molecule has 1 aromatic rings. The Balaban J connectivity index is 2.43. The molecular formula is C12H13NO2. The van der Waals surface area contributed by atoms with Gasteiger partial charge in [0.25, 0.3) is 0 Å². The molecule has 0 radical (unpaired) electrons. The first-order valence-electron chi connectivity index (χ1n) is 4.85. The fraction of sp³-hybridized carbons (Fsp3) is 0.333. The smallest absolute Gasteiger partial charge is 0.337 e. The van der Waals surface area contributed by atoms with Crippen molar-refractivity contribution >= 4 is 5.97 Å². The highest BCUT2D eigenvalue weighted by Crippen LogP contribution is 2.05. The van der Waals surface area contributed by atoms with Gasteiger partial charge in [-0.2, -0.15) is 0 Å². The molecule has 0 amide bonds. The predicted molar refractivity (Wildman–Crippen MR) is 57.6 cm³/mol. The minimum Gasteiger partial charge on any atom is -0.478 e. The summed E-state index contributed by atoms with van der Waals surface area (Å²) in [7, 11) is 0. The van der Waals surface area contributed by atoms with E-state index in [1.807, 2.05) is 0 Å². The monoisotopic (exact) mass is 203 g/mol. The Bertz CT molecular complexity index is 362. The highest BCUT2D eigenvalue weighted by Gasteiger charge is 2.02. The lowest BCUT2D eigenvalue weighted by atomic mass is 10.1. The molecular weight excluding hydrogens is 190 g/mol. The quantitative estimate of drug-likeness (QED) is 0.589. The van der Waals surface area contributed by atoms with Gasteiger partial charge in [-0.1, -0.05) is 0 Å². The number of aromatic nitrogens is 1. The third-order valence-electron chi connectivity index (χ3n) is 2.08. The summed E-state index contributed by atoms with van der Waals surface area (Å²) in [6.45, 7) is 0. The molecule has 0 unspecified atom stereocenters. The van der Waals surface area contributed by atoms with Gasteiger partial charge in [0.1, 0.15) is 0 Å². The van der Waals surface area contributed by atoms with Crippen LogP contribution in [0.5, 0.6) is 0 Å². The van der Waals surface area contributed by atoms with Crippen LogP contribution in [0.1, 0.15) is 35.3 Å². The van der Waals surface area contributed by atoms with E-state index in [2.05, 4.69) is 10.9 Å². The van der Waals surface area contributed by atoms with Crippen LogP contribution in [0.4, 0.5) is 0 Å². The van der Waals surface area contributed by atoms with E-state index in [0.29, 0.717) is 0 Å². The average molecular weight is 203 g/mol. The molecule has 1 heterocycles. The summed E-state index contributed by atoms with van der Waals surface area (Å²) in [6.07, 6.45) is 10.1. The minimum atomic E-state index is -0.943. The lowest BCUT2D eigenvalue weighted by molar-refractivity contribution is 0.0696. The fourth-order valence-corrected chi connectivity index (χ4v) is 1.23. The summed E-state index contributed by atoms with van der Waals surface area (Å²) in [5.41, 5.74) is 1.14. The van der Waals surface area contributed by atoms with Crippen LogP contribution in [-0.2, 0) is 6.42 Å². The number of carbonyl (C=O) groups is 1. The summed E-state index contributed by atoms with van der Waals surface area (Å²) in [5.74, 6) is 1.64. The topological polar surface area (TPSA) is 50.2 Å². The highest BCUT2D eigenvalue weighted by atomic mass is 16.4. The van der Waals surface area contributed by atoms with E-state index in [-0.39, 0.29) is 5.56 Å². The molecule has 15 heavy (non-hydrogen) atoms. The second-order valence-corrected chi connectivity index (χ2v) is 3.25. The molecule has 0 aliphatic heterocycles. The minimum absolute atomic E-state index is 0.224. The second kappa shape index (κ2) is 5.82. The van der Waals surface area contributed by atoms with Crippen LogP contribution in [0, 0.1) is 12.3 Å². The van der Waals surface area contributed by atoms with Gasteiger partial charge in [0.15, 0.2) is 0 Å². The van der Waals surface area contributed by atoms with Gasteiger partial charge in [-0.05, 0) is 31.4 Å². The van der Waals surface area contributed by atoms with Crippen molar-refractivity contribution in [3.63, 3.8) is 0 Å². The molecule has 0 saturated heterocycles. The Morgan fingerprint density at radius 2 is 2.27 bits per heavy atom. The van der Waals surface area contributed by atoms with Crippen molar-refractivity contribution in [2.45, 2.75) is 25.7 Å². The summed E-state index contributed by atoms with van der Waals surface area (Å²) in [5, 5.41) is 8.66. The van der Waals surface area contributed by atoms with Crippen molar-refractivity contribution in [2.24, 2.45) is 0 Å². The van der Waals surface area contributed by atoms with Crippen LogP contribution in [-0.4, -0.2) is 16.1 Å². The maximum Gasteiger partial charge on any atom is 0.337 e. The molecule has 0 aliphatic carbocycles. The zero-order valence-electron chi connectivity index (χ0n) is 8.44. The van der Waals surface area contributed by atoms with Gasteiger partial charge in [0.2, 0.25) is 0 Å². The van der Waals surface area contributed by atoms with Crippen molar-refractivity contribution < 1.29 is 9.90 Å². The normalized spacial score (nSPS) is 9.53. The SMILES string of the molecule is C#CCCCCc1ccc(C(=O)O)cn1. The van der Waals surface area contributed by atoms with E-state index in [1.165, 1.54) is 6.20 Å².